The number of carbonyl (C=O) groups excluding carboxylic acids is 2. The summed E-state index contributed by atoms with van der Waals surface area (Å²) in [5.41, 5.74) is 2.14. The third-order valence-electron chi connectivity index (χ3n) is 3.52. The lowest BCUT2D eigenvalue weighted by Crippen LogP contribution is -2.27. The fourth-order valence-corrected chi connectivity index (χ4v) is 2.48. The van der Waals surface area contributed by atoms with Gasteiger partial charge in [0.05, 0.1) is 37.6 Å². The Kier molecular flexibility index (Phi) is 11.5. The largest absolute Gasteiger partial charge is 0.460 e. The summed E-state index contributed by atoms with van der Waals surface area (Å²) in [5, 5.41) is 3.04. The molecule has 0 fully saturated rings. The van der Waals surface area contributed by atoms with Gasteiger partial charge in [0.15, 0.2) is 0 Å². The van der Waals surface area contributed by atoms with Crippen molar-refractivity contribution in [3.8, 4) is 0 Å². The predicted octanol–water partition coefficient (Wildman–Crippen LogP) is 1.51. The zero-order chi connectivity index (χ0) is 19.4. The first-order chi connectivity index (χ1) is 12.5. The van der Waals surface area contributed by atoms with Crippen molar-refractivity contribution in [3.63, 3.8) is 0 Å². The molecule has 0 saturated heterocycles. The fourth-order valence-electron chi connectivity index (χ4n) is 2.22. The van der Waals surface area contributed by atoms with Gasteiger partial charge in [-0.05, 0) is 13.8 Å². The lowest BCUT2D eigenvalue weighted by Gasteiger charge is -2.22. The summed E-state index contributed by atoms with van der Waals surface area (Å²) in [6, 6.07) is 0. The summed E-state index contributed by atoms with van der Waals surface area (Å²) in [6.07, 6.45) is 0.164. The molecule has 0 bridgehead atoms. The first-order valence-corrected chi connectivity index (χ1v) is 9.65. The van der Waals surface area contributed by atoms with Gasteiger partial charge in [0.25, 0.3) is 0 Å². The maximum Gasteiger partial charge on any atom is 0.336 e. The van der Waals surface area contributed by atoms with Crippen molar-refractivity contribution in [1.29, 1.82) is 0 Å². The van der Waals surface area contributed by atoms with Gasteiger partial charge in [-0.1, -0.05) is 0 Å². The van der Waals surface area contributed by atoms with Gasteiger partial charge in [-0.15, -0.1) is 0 Å². The van der Waals surface area contributed by atoms with Crippen LogP contribution in [0.4, 0.5) is 0 Å². The summed E-state index contributed by atoms with van der Waals surface area (Å²) < 4.78 is 20.8. The molecule has 0 spiro atoms. The monoisotopic (exact) mass is 405 g/mol. The van der Waals surface area contributed by atoms with Gasteiger partial charge in [0.1, 0.15) is 13.2 Å². The number of allylic oxidation sites excluding steroid dienone is 2. The lowest BCUT2D eigenvalue weighted by atomic mass is 9.98. The second kappa shape index (κ2) is 13.1. The van der Waals surface area contributed by atoms with E-state index in [1.54, 1.807) is 13.8 Å². The third kappa shape index (κ3) is 8.03. The number of thiol groups is 2. The fraction of sp³-hybridized carbons (Fsp3) is 0.647. The van der Waals surface area contributed by atoms with Gasteiger partial charge >= 0.3 is 11.9 Å². The first-order valence-electron chi connectivity index (χ1n) is 8.39. The topological polar surface area (TPSA) is 83.1 Å². The Morgan fingerprint density at radius 3 is 1.62 bits per heavy atom. The number of nitrogens with one attached hydrogen (secondary N) is 1. The van der Waals surface area contributed by atoms with Crippen molar-refractivity contribution in [2.45, 2.75) is 20.3 Å². The van der Waals surface area contributed by atoms with E-state index in [2.05, 4.69) is 30.6 Å². The molecule has 26 heavy (non-hydrogen) atoms. The molecular formula is C17H27NO6S2. The summed E-state index contributed by atoms with van der Waals surface area (Å²) >= 11 is 8.06. The Balaban J connectivity index is 2.51. The summed E-state index contributed by atoms with van der Waals surface area (Å²) in [5.74, 6) is 0.271. The number of dihydropyridines is 1. The van der Waals surface area contributed by atoms with E-state index < -0.39 is 11.9 Å². The molecule has 0 atom stereocenters. The molecule has 1 rings (SSSR count). The molecule has 0 radical (unpaired) electrons. The highest BCUT2D eigenvalue weighted by atomic mass is 32.1. The van der Waals surface area contributed by atoms with E-state index >= 15 is 0 Å². The normalized spacial score (nSPS) is 14.3. The minimum atomic E-state index is -0.473. The number of esters is 2. The summed E-state index contributed by atoms with van der Waals surface area (Å²) in [7, 11) is 0. The van der Waals surface area contributed by atoms with Gasteiger partial charge in [0.2, 0.25) is 0 Å². The van der Waals surface area contributed by atoms with Gasteiger partial charge in [-0.25, -0.2) is 9.59 Å². The number of hydrogen-bond donors (Lipinski definition) is 3. The van der Waals surface area contributed by atoms with Crippen LogP contribution in [0.5, 0.6) is 0 Å². The number of rotatable bonds is 12. The standard InChI is InChI=1S/C17H27NO6S2/c1-12-14(16(19)23-5-3-21-7-9-25)11-15(13(2)18-12)17(20)24-6-4-22-8-10-26/h18,25-26H,3-11H2,1-2H3. The first kappa shape index (κ1) is 22.9. The van der Waals surface area contributed by atoms with E-state index in [0.717, 1.165) is 0 Å². The van der Waals surface area contributed by atoms with Crippen LogP contribution in [0.25, 0.3) is 0 Å². The second-order valence-corrected chi connectivity index (χ2v) is 6.35. The zero-order valence-electron chi connectivity index (χ0n) is 15.2. The van der Waals surface area contributed by atoms with Crippen LogP contribution in [-0.4, -0.2) is 63.1 Å². The van der Waals surface area contributed by atoms with Crippen LogP contribution in [0, 0.1) is 0 Å². The Labute approximate surface area is 165 Å². The van der Waals surface area contributed by atoms with Crippen LogP contribution >= 0.6 is 25.3 Å². The molecule has 0 unspecified atom stereocenters. The Morgan fingerprint density at radius 1 is 0.808 bits per heavy atom. The summed E-state index contributed by atoms with van der Waals surface area (Å²) in [6.45, 7) is 5.45. The van der Waals surface area contributed by atoms with Gasteiger partial charge in [-0.2, -0.15) is 25.3 Å². The highest BCUT2D eigenvalue weighted by molar-refractivity contribution is 7.80. The zero-order valence-corrected chi connectivity index (χ0v) is 17.0. The maximum absolute atomic E-state index is 12.3. The van der Waals surface area contributed by atoms with Gasteiger partial charge < -0.3 is 24.3 Å². The second-order valence-electron chi connectivity index (χ2n) is 5.45. The molecule has 1 aliphatic heterocycles. The van der Waals surface area contributed by atoms with Crippen LogP contribution in [0.15, 0.2) is 22.5 Å². The van der Waals surface area contributed by atoms with Gasteiger partial charge in [-0.3, -0.25) is 0 Å². The quantitative estimate of drug-likeness (QED) is 0.258. The molecule has 1 heterocycles. The highest BCUT2D eigenvalue weighted by Crippen LogP contribution is 2.24. The van der Waals surface area contributed by atoms with E-state index in [1.165, 1.54) is 0 Å². The molecule has 0 saturated carbocycles. The molecule has 0 aromatic rings. The smallest absolute Gasteiger partial charge is 0.336 e. The molecule has 0 aromatic heterocycles. The third-order valence-corrected chi connectivity index (χ3v) is 3.88. The van der Waals surface area contributed by atoms with Crippen molar-refractivity contribution in [3.05, 3.63) is 22.5 Å². The maximum atomic E-state index is 12.3. The van der Waals surface area contributed by atoms with Gasteiger partial charge in [0, 0.05) is 29.3 Å². The van der Waals surface area contributed by atoms with Crippen LogP contribution < -0.4 is 5.32 Å². The van der Waals surface area contributed by atoms with Crippen LogP contribution in [0.3, 0.4) is 0 Å². The molecule has 1 N–H and O–H groups in total. The molecule has 0 aliphatic carbocycles. The van der Waals surface area contributed by atoms with E-state index in [0.29, 0.717) is 60.5 Å². The van der Waals surface area contributed by atoms with E-state index in [9.17, 15) is 9.59 Å². The number of ether oxygens (including phenoxy) is 4. The molecule has 1 aliphatic rings. The number of hydrogen-bond acceptors (Lipinski definition) is 9. The van der Waals surface area contributed by atoms with Crippen LogP contribution in [-0.2, 0) is 28.5 Å². The van der Waals surface area contributed by atoms with Crippen LogP contribution in [0.1, 0.15) is 20.3 Å². The van der Waals surface area contributed by atoms with E-state index in [1.807, 2.05) is 0 Å². The van der Waals surface area contributed by atoms with Crippen molar-refractivity contribution < 1.29 is 28.5 Å². The van der Waals surface area contributed by atoms with Crippen molar-refractivity contribution in [2.24, 2.45) is 0 Å². The van der Waals surface area contributed by atoms with Crippen molar-refractivity contribution in [1.82, 2.24) is 5.32 Å². The minimum absolute atomic E-state index is 0.147. The Bertz CT molecular complexity index is 501. The molecule has 7 nitrogen and oxygen atoms in total. The summed E-state index contributed by atoms with van der Waals surface area (Å²) in [4.78, 5) is 24.5. The molecule has 148 valence electrons. The minimum Gasteiger partial charge on any atom is -0.460 e. The molecule has 0 aromatic carbocycles. The van der Waals surface area contributed by atoms with Crippen molar-refractivity contribution >= 4 is 37.2 Å². The molecule has 0 amide bonds. The number of carbonyl (C=O) groups is 2. The SMILES string of the molecule is CC1=C(C(=O)OCCOCCS)CC(C(=O)OCCOCCS)=C(C)N1. The van der Waals surface area contributed by atoms with Crippen LogP contribution in [0.2, 0.25) is 0 Å². The van der Waals surface area contributed by atoms with E-state index in [4.69, 9.17) is 18.9 Å². The predicted molar refractivity (Wildman–Crippen MR) is 104 cm³/mol. The average Bonchev–Trinajstić information content (AvgIpc) is 2.61. The molecular weight excluding hydrogens is 378 g/mol. The van der Waals surface area contributed by atoms with Crippen molar-refractivity contribution in [2.75, 3.05) is 51.1 Å². The molecule has 9 heteroatoms. The Hall–Kier alpha value is -1.16. The lowest BCUT2D eigenvalue weighted by molar-refractivity contribution is -0.141. The highest BCUT2D eigenvalue weighted by Gasteiger charge is 2.26. The average molecular weight is 406 g/mol. The van der Waals surface area contributed by atoms with E-state index in [-0.39, 0.29) is 19.6 Å². The Morgan fingerprint density at radius 2 is 1.23 bits per heavy atom.